The van der Waals surface area contributed by atoms with E-state index in [9.17, 15) is 13.2 Å². The highest BCUT2D eigenvalue weighted by molar-refractivity contribution is 7.89. The van der Waals surface area contributed by atoms with Gasteiger partial charge in [0.1, 0.15) is 6.54 Å². The first kappa shape index (κ1) is 15.7. The lowest BCUT2D eigenvalue weighted by atomic mass is 9.92. The third-order valence-corrected chi connectivity index (χ3v) is 5.41. The number of carbonyl (C=O) groups is 1. The van der Waals surface area contributed by atoms with Gasteiger partial charge < -0.3 is 5.11 Å². The molecule has 6 heteroatoms. The summed E-state index contributed by atoms with van der Waals surface area (Å²) >= 11 is 0. The molecule has 0 fully saturated rings. The first-order valence-electron chi connectivity index (χ1n) is 6.90. The number of carboxylic acids is 1. The van der Waals surface area contributed by atoms with Gasteiger partial charge in [-0.2, -0.15) is 4.31 Å². The summed E-state index contributed by atoms with van der Waals surface area (Å²) < 4.78 is 26.0. The molecule has 0 amide bonds. The largest absolute Gasteiger partial charge is 0.480 e. The molecule has 1 N–H and O–H groups in total. The number of nitrogens with zero attached hydrogens (tertiary/aromatic N) is 1. The fraction of sp³-hybridized carbons (Fsp3) is 0.400. The second kappa shape index (κ2) is 6.41. The highest BCUT2D eigenvalue weighted by Gasteiger charge is 2.26. The highest BCUT2D eigenvalue weighted by Crippen LogP contribution is 2.25. The molecule has 21 heavy (non-hydrogen) atoms. The van der Waals surface area contributed by atoms with Crippen molar-refractivity contribution in [1.82, 2.24) is 4.31 Å². The fourth-order valence-electron chi connectivity index (χ4n) is 2.56. The first-order chi connectivity index (χ1) is 9.95. The standard InChI is InChI=1S/C15H19NO4S/c1-2-9-16(11-15(17)18)21(19,20)14-8-7-12-5-3-4-6-13(12)10-14/h2,7-8,10H,1,3-6,9,11H2,(H,17,18). The Balaban J connectivity index is 2.37. The number of sulfonamides is 1. The van der Waals surface area contributed by atoms with Crippen LogP contribution in [0.1, 0.15) is 24.0 Å². The van der Waals surface area contributed by atoms with Crippen molar-refractivity contribution in [2.75, 3.05) is 13.1 Å². The van der Waals surface area contributed by atoms with E-state index >= 15 is 0 Å². The van der Waals surface area contributed by atoms with E-state index < -0.39 is 22.5 Å². The van der Waals surface area contributed by atoms with Gasteiger partial charge in [-0.25, -0.2) is 8.42 Å². The maximum atomic E-state index is 12.6. The van der Waals surface area contributed by atoms with E-state index in [1.807, 2.05) is 6.07 Å². The lowest BCUT2D eigenvalue weighted by Gasteiger charge is -2.21. The molecule has 0 saturated carbocycles. The number of hydrogen-bond acceptors (Lipinski definition) is 3. The number of aliphatic carboxylic acids is 1. The third kappa shape index (κ3) is 3.51. The van der Waals surface area contributed by atoms with Crippen LogP contribution in [0, 0.1) is 0 Å². The van der Waals surface area contributed by atoms with Crippen molar-refractivity contribution in [3.63, 3.8) is 0 Å². The van der Waals surface area contributed by atoms with Gasteiger partial charge in [0, 0.05) is 6.54 Å². The number of benzene rings is 1. The minimum atomic E-state index is -3.81. The zero-order valence-corrected chi connectivity index (χ0v) is 12.6. The van der Waals surface area contributed by atoms with Gasteiger partial charge in [0.25, 0.3) is 0 Å². The second-order valence-corrected chi connectivity index (χ2v) is 7.06. The van der Waals surface area contributed by atoms with E-state index in [2.05, 4.69) is 6.58 Å². The molecule has 5 nitrogen and oxygen atoms in total. The monoisotopic (exact) mass is 309 g/mol. The predicted octanol–water partition coefficient (Wildman–Crippen LogP) is 1.83. The summed E-state index contributed by atoms with van der Waals surface area (Å²) in [6, 6.07) is 5.09. The summed E-state index contributed by atoms with van der Waals surface area (Å²) in [4.78, 5) is 11.0. The Morgan fingerprint density at radius 2 is 1.95 bits per heavy atom. The topological polar surface area (TPSA) is 74.7 Å². The van der Waals surface area contributed by atoms with Gasteiger partial charge in [-0.15, -0.1) is 6.58 Å². The SMILES string of the molecule is C=CCN(CC(=O)O)S(=O)(=O)c1ccc2c(c1)CCCC2. The summed E-state index contributed by atoms with van der Waals surface area (Å²) in [6.45, 7) is 2.90. The van der Waals surface area contributed by atoms with Gasteiger partial charge in [0.15, 0.2) is 0 Å². The van der Waals surface area contributed by atoms with Gasteiger partial charge in [-0.05, 0) is 48.9 Å². The molecule has 1 aromatic rings. The normalized spacial score (nSPS) is 14.7. The molecule has 0 atom stereocenters. The van der Waals surface area contributed by atoms with E-state index in [-0.39, 0.29) is 11.4 Å². The van der Waals surface area contributed by atoms with Gasteiger partial charge in [0.05, 0.1) is 4.90 Å². The quantitative estimate of drug-likeness (QED) is 0.814. The molecule has 1 aromatic carbocycles. The van der Waals surface area contributed by atoms with Crippen molar-refractivity contribution < 1.29 is 18.3 Å². The molecule has 0 aromatic heterocycles. The highest BCUT2D eigenvalue weighted by atomic mass is 32.2. The minimum absolute atomic E-state index is 0.0221. The van der Waals surface area contributed by atoms with Crippen molar-refractivity contribution in [2.45, 2.75) is 30.6 Å². The number of fused-ring (bicyclic) bond motifs is 1. The average molecular weight is 309 g/mol. The molecule has 0 heterocycles. The number of aryl methyl sites for hydroxylation is 2. The van der Waals surface area contributed by atoms with E-state index in [4.69, 9.17) is 5.11 Å². The Kier molecular flexibility index (Phi) is 4.80. The van der Waals surface area contributed by atoms with E-state index in [0.29, 0.717) is 0 Å². The van der Waals surface area contributed by atoms with E-state index in [1.54, 1.807) is 12.1 Å². The summed E-state index contributed by atoms with van der Waals surface area (Å²) in [5.74, 6) is -1.18. The second-order valence-electron chi connectivity index (χ2n) is 5.12. The molecular formula is C15H19NO4S. The number of hydrogen-bond donors (Lipinski definition) is 1. The smallest absolute Gasteiger partial charge is 0.318 e. The van der Waals surface area contributed by atoms with Crippen LogP contribution in [0.15, 0.2) is 35.7 Å². The van der Waals surface area contributed by atoms with Gasteiger partial charge in [-0.3, -0.25) is 4.79 Å². The van der Waals surface area contributed by atoms with Crippen molar-refractivity contribution in [3.8, 4) is 0 Å². The van der Waals surface area contributed by atoms with Crippen molar-refractivity contribution >= 4 is 16.0 Å². The Morgan fingerprint density at radius 3 is 2.57 bits per heavy atom. The van der Waals surface area contributed by atoms with Crippen LogP contribution in [0.4, 0.5) is 0 Å². The van der Waals surface area contributed by atoms with Crippen LogP contribution < -0.4 is 0 Å². The Morgan fingerprint density at radius 1 is 1.29 bits per heavy atom. The zero-order chi connectivity index (χ0) is 15.5. The molecule has 114 valence electrons. The molecule has 0 aliphatic heterocycles. The summed E-state index contributed by atoms with van der Waals surface area (Å²) in [5, 5.41) is 8.87. The van der Waals surface area contributed by atoms with Crippen molar-refractivity contribution in [1.29, 1.82) is 0 Å². The Bertz CT molecular complexity index is 652. The maximum absolute atomic E-state index is 12.6. The molecule has 0 saturated heterocycles. The van der Waals surface area contributed by atoms with E-state index in [0.717, 1.165) is 35.6 Å². The molecule has 1 aliphatic carbocycles. The summed E-state index contributed by atoms with van der Waals surface area (Å²) in [7, 11) is -3.81. The number of carboxylic acid groups (broad SMARTS) is 1. The molecule has 0 radical (unpaired) electrons. The zero-order valence-electron chi connectivity index (χ0n) is 11.8. The number of rotatable bonds is 6. The lowest BCUT2D eigenvalue weighted by molar-refractivity contribution is -0.137. The van der Waals surface area contributed by atoms with Crippen LogP contribution in [0.3, 0.4) is 0 Å². The molecule has 0 unspecified atom stereocenters. The Labute approximate surface area is 124 Å². The lowest BCUT2D eigenvalue weighted by Crippen LogP contribution is -2.35. The molecule has 2 rings (SSSR count). The Hall–Kier alpha value is -1.66. The van der Waals surface area contributed by atoms with Crippen LogP contribution in [-0.4, -0.2) is 36.9 Å². The van der Waals surface area contributed by atoms with Gasteiger partial charge >= 0.3 is 5.97 Å². The van der Waals surface area contributed by atoms with Crippen molar-refractivity contribution in [2.24, 2.45) is 0 Å². The van der Waals surface area contributed by atoms with Gasteiger partial charge in [-0.1, -0.05) is 12.1 Å². The summed E-state index contributed by atoms with van der Waals surface area (Å²) in [6.07, 6.45) is 5.42. The van der Waals surface area contributed by atoms with Crippen LogP contribution in [-0.2, 0) is 27.7 Å². The van der Waals surface area contributed by atoms with E-state index in [1.165, 1.54) is 11.6 Å². The average Bonchev–Trinajstić information content (AvgIpc) is 2.46. The predicted molar refractivity (Wildman–Crippen MR) is 79.7 cm³/mol. The minimum Gasteiger partial charge on any atom is -0.480 e. The summed E-state index contributed by atoms with van der Waals surface area (Å²) in [5.41, 5.74) is 2.24. The maximum Gasteiger partial charge on any atom is 0.318 e. The fourth-order valence-corrected chi connectivity index (χ4v) is 3.97. The van der Waals surface area contributed by atoms with Crippen molar-refractivity contribution in [3.05, 3.63) is 42.0 Å². The molecule has 0 bridgehead atoms. The van der Waals surface area contributed by atoms with Crippen LogP contribution in [0.25, 0.3) is 0 Å². The molecule has 0 spiro atoms. The molecule has 1 aliphatic rings. The molecular weight excluding hydrogens is 290 g/mol. The van der Waals surface area contributed by atoms with Crippen LogP contribution >= 0.6 is 0 Å². The third-order valence-electron chi connectivity index (χ3n) is 3.60. The van der Waals surface area contributed by atoms with Crippen LogP contribution in [0.5, 0.6) is 0 Å². The van der Waals surface area contributed by atoms with Crippen LogP contribution in [0.2, 0.25) is 0 Å². The van der Waals surface area contributed by atoms with Gasteiger partial charge in [0.2, 0.25) is 10.0 Å². The first-order valence-corrected chi connectivity index (χ1v) is 8.34.